The standard InChI is InChI=1S/C20H21N3O4/c1-13-7-8-16(20(21)25)12-22(13)17-10-9-15(11-18(17)23(26)27)19(24)14-5-3-2-4-6-14/h2-6,9-11,13,16H,7-8,12H2,1H3,(H2,21,25). The Kier molecular flexibility index (Phi) is 5.21. The highest BCUT2D eigenvalue weighted by atomic mass is 16.6. The summed E-state index contributed by atoms with van der Waals surface area (Å²) in [4.78, 5) is 37.2. The fourth-order valence-electron chi connectivity index (χ4n) is 3.48. The van der Waals surface area contributed by atoms with Gasteiger partial charge in [-0.05, 0) is 31.9 Å². The van der Waals surface area contributed by atoms with Crippen LogP contribution in [-0.2, 0) is 4.79 Å². The van der Waals surface area contributed by atoms with Gasteiger partial charge in [-0.25, -0.2) is 0 Å². The first-order valence-electron chi connectivity index (χ1n) is 8.82. The molecule has 27 heavy (non-hydrogen) atoms. The molecular formula is C20H21N3O4. The molecule has 7 nitrogen and oxygen atoms in total. The second-order valence-electron chi connectivity index (χ2n) is 6.83. The van der Waals surface area contributed by atoms with E-state index in [9.17, 15) is 19.7 Å². The van der Waals surface area contributed by atoms with Crippen molar-refractivity contribution in [2.24, 2.45) is 11.7 Å². The summed E-state index contributed by atoms with van der Waals surface area (Å²) in [5.41, 5.74) is 6.42. The van der Waals surface area contributed by atoms with Crippen molar-refractivity contribution in [1.29, 1.82) is 0 Å². The molecule has 1 heterocycles. The molecule has 1 fully saturated rings. The first kappa shape index (κ1) is 18.6. The van der Waals surface area contributed by atoms with E-state index in [-0.39, 0.29) is 29.0 Å². The van der Waals surface area contributed by atoms with E-state index in [1.807, 2.05) is 11.8 Å². The van der Waals surface area contributed by atoms with Gasteiger partial charge in [0.1, 0.15) is 5.69 Å². The van der Waals surface area contributed by atoms with Crippen LogP contribution in [0.3, 0.4) is 0 Å². The highest BCUT2D eigenvalue weighted by Crippen LogP contribution is 2.35. The van der Waals surface area contributed by atoms with Gasteiger partial charge in [-0.1, -0.05) is 30.3 Å². The Bertz CT molecular complexity index is 882. The molecule has 2 atom stereocenters. The Hall–Kier alpha value is -3.22. The molecule has 0 spiro atoms. The molecule has 2 N–H and O–H groups in total. The molecule has 0 radical (unpaired) electrons. The van der Waals surface area contributed by atoms with Gasteiger partial charge < -0.3 is 10.6 Å². The van der Waals surface area contributed by atoms with Crippen molar-refractivity contribution < 1.29 is 14.5 Å². The lowest BCUT2D eigenvalue weighted by Crippen LogP contribution is -2.46. The molecular weight excluding hydrogens is 346 g/mol. The molecule has 0 aromatic heterocycles. The minimum absolute atomic E-state index is 0.0370. The van der Waals surface area contributed by atoms with E-state index >= 15 is 0 Å². The minimum Gasteiger partial charge on any atom is -0.369 e. The van der Waals surface area contributed by atoms with E-state index in [0.29, 0.717) is 24.2 Å². The van der Waals surface area contributed by atoms with Crippen LogP contribution in [-0.4, -0.2) is 29.2 Å². The SMILES string of the molecule is CC1CCC(C(N)=O)CN1c1ccc(C(=O)c2ccccc2)cc1[N+](=O)[O-]. The van der Waals surface area contributed by atoms with Gasteiger partial charge in [0.05, 0.1) is 10.8 Å². The van der Waals surface area contributed by atoms with Crippen LogP contribution in [0.5, 0.6) is 0 Å². The van der Waals surface area contributed by atoms with Crippen LogP contribution in [0.25, 0.3) is 0 Å². The summed E-state index contributed by atoms with van der Waals surface area (Å²) in [6, 6.07) is 13.2. The van der Waals surface area contributed by atoms with Crippen molar-refractivity contribution >= 4 is 23.1 Å². The van der Waals surface area contributed by atoms with Gasteiger partial charge in [-0.15, -0.1) is 0 Å². The molecule has 2 aromatic carbocycles. The zero-order valence-corrected chi connectivity index (χ0v) is 15.0. The second-order valence-corrected chi connectivity index (χ2v) is 6.83. The number of nitro benzene ring substituents is 1. The zero-order valence-electron chi connectivity index (χ0n) is 15.0. The first-order valence-corrected chi connectivity index (χ1v) is 8.82. The Balaban J connectivity index is 1.98. The highest BCUT2D eigenvalue weighted by molar-refractivity contribution is 6.09. The van der Waals surface area contributed by atoms with Gasteiger partial charge in [0, 0.05) is 29.8 Å². The number of hydrogen-bond acceptors (Lipinski definition) is 5. The van der Waals surface area contributed by atoms with E-state index < -0.39 is 10.8 Å². The maximum absolute atomic E-state index is 12.6. The quantitative estimate of drug-likeness (QED) is 0.497. The van der Waals surface area contributed by atoms with Gasteiger partial charge in [0.2, 0.25) is 5.91 Å². The minimum atomic E-state index is -0.488. The number of nitrogens with zero attached hydrogens (tertiary/aromatic N) is 2. The van der Waals surface area contributed by atoms with Crippen molar-refractivity contribution in [3.63, 3.8) is 0 Å². The fraction of sp³-hybridized carbons (Fsp3) is 0.300. The van der Waals surface area contributed by atoms with Gasteiger partial charge in [0.15, 0.2) is 5.78 Å². The average Bonchev–Trinajstić information content (AvgIpc) is 2.68. The van der Waals surface area contributed by atoms with Crippen LogP contribution in [0.4, 0.5) is 11.4 Å². The van der Waals surface area contributed by atoms with Gasteiger partial charge in [-0.2, -0.15) is 0 Å². The fourth-order valence-corrected chi connectivity index (χ4v) is 3.48. The Labute approximate surface area is 156 Å². The molecule has 1 aliphatic rings. The molecule has 0 bridgehead atoms. The summed E-state index contributed by atoms with van der Waals surface area (Å²) in [6.07, 6.45) is 1.39. The van der Waals surface area contributed by atoms with Crippen LogP contribution in [0.1, 0.15) is 35.7 Å². The van der Waals surface area contributed by atoms with E-state index in [0.717, 1.165) is 6.42 Å². The molecule has 0 saturated carbocycles. The summed E-state index contributed by atoms with van der Waals surface area (Å²) in [5, 5.41) is 11.7. The monoisotopic (exact) mass is 367 g/mol. The number of benzene rings is 2. The number of ketones is 1. The number of anilines is 1. The van der Waals surface area contributed by atoms with Crippen molar-refractivity contribution in [2.45, 2.75) is 25.8 Å². The smallest absolute Gasteiger partial charge is 0.293 e. The van der Waals surface area contributed by atoms with Crippen molar-refractivity contribution in [2.75, 3.05) is 11.4 Å². The molecule has 1 amide bonds. The summed E-state index contributed by atoms with van der Waals surface area (Å²) in [7, 11) is 0. The molecule has 1 saturated heterocycles. The maximum atomic E-state index is 12.6. The Morgan fingerprint density at radius 2 is 1.81 bits per heavy atom. The lowest BCUT2D eigenvalue weighted by molar-refractivity contribution is -0.384. The topological polar surface area (TPSA) is 107 Å². The number of nitrogens with two attached hydrogens (primary N) is 1. The van der Waals surface area contributed by atoms with Crippen LogP contribution < -0.4 is 10.6 Å². The predicted molar refractivity (Wildman–Crippen MR) is 102 cm³/mol. The number of hydrogen-bond donors (Lipinski definition) is 1. The summed E-state index contributed by atoms with van der Waals surface area (Å²) < 4.78 is 0. The predicted octanol–water partition coefficient (Wildman–Crippen LogP) is 2.92. The number of primary amides is 1. The van der Waals surface area contributed by atoms with Gasteiger partial charge >= 0.3 is 0 Å². The van der Waals surface area contributed by atoms with Crippen LogP contribution in [0, 0.1) is 16.0 Å². The van der Waals surface area contributed by atoms with Crippen molar-refractivity contribution in [1.82, 2.24) is 0 Å². The molecule has 2 unspecified atom stereocenters. The van der Waals surface area contributed by atoms with Gasteiger partial charge in [-0.3, -0.25) is 19.7 Å². The number of carbonyl (C=O) groups excluding carboxylic acids is 2. The molecule has 0 aliphatic carbocycles. The maximum Gasteiger partial charge on any atom is 0.293 e. The van der Waals surface area contributed by atoms with Crippen LogP contribution in [0.15, 0.2) is 48.5 Å². The van der Waals surface area contributed by atoms with E-state index in [1.165, 1.54) is 6.07 Å². The largest absolute Gasteiger partial charge is 0.369 e. The zero-order chi connectivity index (χ0) is 19.6. The summed E-state index contributed by atoms with van der Waals surface area (Å²) >= 11 is 0. The van der Waals surface area contributed by atoms with E-state index in [1.54, 1.807) is 42.5 Å². The highest BCUT2D eigenvalue weighted by Gasteiger charge is 2.32. The Morgan fingerprint density at radius 3 is 2.44 bits per heavy atom. The molecule has 7 heteroatoms. The van der Waals surface area contributed by atoms with Crippen molar-refractivity contribution in [3.05, 3.63) is 69.8 Å². The third-order valence-electron chi connectivity index (χ3n) is 5.06. The first-order chi connectivity index (χ1) is 12.9. The number of amides is 1. The summed E-state index contributed by atoms with van der Waals surface area (Å²) in [6.45, 7) is 2.30. The number of carbonyl (C=O) groups is 2. The molecule has 2 aromatic rings. The molecule has 3 rings (SSSR count). The lowest BCUT2D eigenvalue weighted by Gasteiger charge is -2.38. The third kappa shape index (κ3) is 3.81. The van der Waals surface area contributed by atoms with Crippen LogP contribution >= 0.6 is 0 Å². The molecule has 1 aliphatic heterocycles. The normalized spacial score (nSPS) is 19.5. The number of rotatable bonds is 5. The second kappa shape index (κ2) is 7.57. The van der Waals surface area contributed by atoms with E-state index in [2.05, 4.69) is 0 Å². The average molecular weight is 367 g/mol. The molecule has 140 valence electrons. The number of nitro groups is 1. The van der Waals surface area contributed by atoms with Gasteiger partial charge in [0.25, 0.3) is 5.69 Å². The lowest BCUT2D eigenvalue weighted by atomic mass is 9.92. The van der Waals surface area contributed by atoms with E-state index in [4.69, 9.17) is 5.73 Å². The third-order valence-corrected chi connectivity index (χ3v) is 5.06. The number of piperidine rings is 1. The summed E-state index contributed by atoms with van der Waals surface area (Å²) in [5.74, 6) is -1.01. The van der Waals surface area contributed by atoms with Crippen LogP contribution in [0.2, 0.25) is 0 Å². The Morgan fingerprint density at radius 1 is 1.11 bits per heavy atom. The van der Waals surface area contributed by atoms with Crippen molar-refractivity contribution in [3.8, 4) is 0 Å².